The van der Waals surface area contributed by atoms with Gasteiger partial charge in [0.15, 0.2) is 0 Å². The Morgan fingerprint density at radius 1 is 1.18 bits per heavy atom. The number of benzene rings is 2. The highest BCUT2D eigenvalue weighted by Crippen LogP contribution is 2.20. The highest BCUT2D eigenvalue weighted by molar-refractivity contribution is 6.02. The maximum absolute atomic E-state index is 11.9. The molecule has 0 spiro atoms. The Morgan fingerprint density at radius 3 is 2.64 bits per heavy atom. The zero-order chi connectivity index (χ0) is 15.8. The van der Waals surface area contributed by atoms with Gasteiger partial charge >= 0.3 is 0 Å². The van der Waals surface area contributed by atoms with Crippen LogP contribution in [0, 0.1) is 0 Å². The SMILES string of the molecule is CCCOc1ccccc1/C=C/C(=O)Nc1ccc(O)cc1. The van der Waals surface area contributed by atoms with E-state index in [9.17, 15) is 9.90 Å². The summed E-state index contributed by atoms with van der Waals surface area (Å²) in [6, 6.07) is 13.9. The molecule has 4 heteroatoms. The molecule has 1 amide bonds. The van der Waals surface area contributed by atoms with E-state index in [2.05, 4.69) is 5.32 Å². The minimum absolute atomic E-state index is 0.163. The lowest BCUT2D eigenvalue weighted by molar-refractivity contribution is -0.111. The normalized spacial score (nSPS) is 10.6. The van der Waals surface area contributed by atoms with E-state index in [1.807, 2.05) is 31.2 Å². The number of carbonyl (C=O) groups excluding carboxylic acids is 1. The molecule has 2 aromatic rings. The minimum atomic E-state index is -0.240. The Kier molecular flexibility index (Phi) is 5.60. The van der Waals surface area contributed by atoms with E-state index in [1.165, 1.54) is 18.2 Å². The molecule has 0 aliphatic heterocycles. The van der Waals surface area contributed by atoms with E-state index < -0.39 is 0 Å². The number of amides is 1. The zero-order valence-electron chi connectivity index (χ0n) is 12.5. The van der Waals surface area contributed by atoms with Gasteiger partial charge in [0.05, 0.1) is 6.61 Å². The first-order chi connectivity index (χ1) is 10.7. The van der Waals surface area contributed by atoms with Gasteiger partial charge in [-0.25, -0.2) is 0 Å². The molecule has 0 bridgehead atoms. The number of carbonyl (C=O) groups is 1. The second kappa shape index (κ2) is 7.88. The molecule has 0 aromatic heterocycles. The van der Waals surface area contributed by atoms with E-state index in [-0.39, 0.29) is 11.7 Å². The molecule has 2 rings (SSSR count). The standard InChI is InChI=1S/C18H19NO3/c1-2-13-22-17-6-4-3-5-14(17)7-12-18(21)19-15-8-10-16(20)11-9-15/h3-12,20H,2,13H2,1H3,(H,19,21)/b12-7+. The zero-order valence-corrected chi connectivity index (χ0v) is 12.5. The number of hydrogen-bond acceptors (Lipinski definition) is 3. The molecule has 0 aliphatic carbocycles. The number of anilines is 1. The number of phenols is 1. The van der Waals surface area contributed by atoms with Crippen molar-refractivity contribution in [2.24, 2.45) is 0 Å². The Labute approximate surface area is 130 Å². The summed E-state index contributed by atoms with van der Waals surface area (Å²) in [7, 11) is 0. The van der Waals surface area contributed by atoms with Gasteiger partial charge in [-0.3, -0.25) is 4.79 Å². The first-order valence-corrected chi connectivity index (χ1v) is 7.19. The molecule has 0 aliphatic rings. The van der Waals surface area contributed by atoms with Crippen LogP contribution >= 0.6 is 0 Å². The van der Waals surface area contributed by atoms with Gasteiger partial charge in [0, 0.05) is 17.3 Å². The lowest BCUT2D eigenvalue weighted by Crippen LogP contribution is -2.07. The van der Waals surface area contributed by atoms with E-state index in [0.29, 0.717) is 12.3 Å². The van der Waals surface area contributed by atoms with Gasteiger partial charge in [0.1, 0.15) is 11.5 Å². The third-order valence-electron chi connectivity index (χ3n) is 2.93. The van der Waals surface area contributed by atoms with Crippen LogP contribution in [0.1, 0.15) is 18.9 Å². The number of aromatic hydroxyl groups is 1. The van der Waals surface area contributed by atoms with Crippen molar-refractivity contribution in [2.45, 2.75) is 13.3 Å². The average Bonchev–Trinajstić information content (AvgIpc) is 2.54. The van der Waals surface area contributed by atoms with Crippen LogP contribution in [0.4, 0.5) is 5.69 Å². The molecule has 2 aromatic carbocycles. The Hall–Kier alpha value is -2.75. The number of hydrogen-bond donors (Lipinski definition) is 2. The fourth-order valence-electron chi connectivity index (χ4n) is 1.86. The van der Waals surface area contributed by atoms with Crippen molar-refractivity contribution in [3.63, 3.8) is 0 Å². The summed E-state index contributed by atoms with van der Waals surface area (Å²) in [5.74, 6) is 0.685. The largest absolute Gasteiger partial charge is 0.508 e. The molecule has 0 radical (unpaired) electrons. The van der Waals surface area contributed by atoms with Crippen molar-refractivity contribution >= 4 is 17.7 Å². The smallest absolute Gasteiger partial charge is 0.248 e. The molecule has 0 fully saturated rings. The molecule has 4 nitrogen and oxygen atoms in total. The van der Waals surface area contributed by atoms with Crippen molar-refractivity contribution in [2.75, 3.05) is 11.9 Å². The highest BCUT2D eigenvalue weighted by Gasteiger charge is 2.01. The average molecular weight is 297 g/mol. The van der Waals surface area contributed by atoms with Crippen molar-refractivity contribution in [3.05, 3.63) is 60.2 Å². The van der Waals surface area contributed by atoms with Crippen LogP contribution in [0.5, 0.6) is 11.5 Å². The van der Waals surface area contributed by atoms with Crippen LogP contribution in [-0.4, -0.2) is 17.6 Å². The summed E-state index contributed by atoms with van der Waals surface area (Å²) in [4.78, 5) is 11.9. The fraction of sp³-hybridized carbons (Fsp3) is 0.167. The summed E-state index contributed by atoms with van der Waals surface area (Å²) < 4.78 is 5.64. The van der Waals surface area contributed by atoms with E-state index in [4.69, 9.17) is 4.74 Å². The summed E-state index contributed by atoms with van der Waals surface area (Å²) in [5.41, 5.74) is 1.49. The fourth-order valence-corrected chi connectivity index (χ4v) is 1.86. The molecule has 22 heavy (non-hydrogen) atoms. The first-order valence-electron chi connectivity index (χ1n) is 7.19. The predicted octanol–water partition coefficient (Wildman–Crippen LogP) is 3.83. The second-order valence-electron chi connectivity index (χ2n) is 4.76. The first kappa shape index (κ1) is 15.6. The van der Waals surface area contributed by atoms with Crippen molar-refractivity contribution in [1.82, 2.24) is 0 Å². The maximum Gasteiger partial charge on any atom is 0.248 e. The minimum Gasteiger partial charge on any atom is -0.508 e. The van der Waals surface area contributed by atoms with Crippen molar-refractivity contribution < 1.29 is 14.6 Å². The molecule has 0 saturated heterocycles. The number of rotatable bonds is 6. The van der Waals surface area contributed by atoms with Gasteiger partial charge in [-0.05, 0) is 42.8 Å². The molecule has 114 valence electrons. The van der Waals surface area contributed by atoms with Crippen LogP contribution in [0.3, 0.4) is 0 Å². The second-order valence-corrected chi connectivity index (χ2v) is 4.76. The molecular formula is C18H19NO3. The van der Waals surface area contributed by atoms with Gasteiger partial charge < -0.3 is 15.2 Å². The van der Waals surface area contributed by atoms with E-state index >= 15 is 0 Å². The van der Waals surface area contributed by atoms with Crippen LogP contribution in [-0.2, 0) is 4.79 Å². The molecule has 2 N–H and O–H groups in total. The summed E-state index contributed by atoms with van der Waals surface area (Å²) in [6.45, 7) is 2.69. The maximum atomic E-state index is 11.9. The van der Waals surface area contributed by atoms with Crippen LogP contribution in [0.25, 0.3) is 6.08 Å². The predicted molar refractivity (Wildman–Crippen MR) is 88.0 cm³/mol. The number of ether oxygens (including phenoxy) is 1. The molecular weight excluding hydrogens is 278 g/mol. The van der Waals surface area contributed by atoms with Crippen LogP contribution < -0.4 is 10.1 Å². The van der Waals surface area contributed by atoms with Gasteiger partial charge in [0.2, 0.25) is 5.91 Å². The number of para-hydroxylation sites is 1. The van der Waals surface area contributed by atoms with E-state index in [1.54, 1.807) is 18.2 Å². The molecule has 0 atom stereocenters. The topological polar surface area (TPSA) is 58.6 Å². The Bertz CT molecular complexity index is 648. The van der Waals surface area contributed by atoms with Crippen molar-refractivity contribution in [1.29, 1.82) is 0 Å². The van der Waals surface area contributed by atoms with Crippen LogP contribution in [0.2, 0.25) is 0 Å². The Morgan fingerprint density at radius 2 is 1.91 bits per heavy atom. The van der Waals surface area contributed by atoms with Gasteiger partial charge in [0.25, 0.3) is 0 Å². The van der Waals surface area contributed by atoms with Crippen molar-refractivity contribution in [3.8, 4) is 11.5 Å². The van der Waals surface area contributed by atoms with Gasteiger partial charge in [-0.2, -0.15) is 0 Å². The summed E-state index contributed by atoms with van der Waals surface area (Å²) in [6.07, 6.45) is 4.11. The third-order valence-corrected chi connectivity index (χ3v) is 2.93. The van der Waals surface area contributed by atoms with E-state index in [0.717, 1.165) is 17.7 Å². The molecule has 0 heterocycles. The monoisotopic (exact) mass is 297 g/mol. The number of nitrogens with one attached hydrogen (secondary N) is 1. The lowest BCUT2D eigenvalue weighted by Gasteiger charge is -2.07. The van der Waals surface area contributed by atoms with Gasteiger partial charge in [-0.1, -0.05) is 25.1 Å². The highest BCUT2D eigenvalue weighted by atomic mass is 16.5. The van der Waals surface area contributed by atoms with Crippen LogP contribution in [0.15, 0.2) is 54.6 Å². The van der Waals surface area contributed by atoms with Gasteiger partial charge in [-0.15, -0.1) is 0 Å². The summed E-state index contributed by atoms with van der Waals surface area (Å²) >= 11 is 0. The molecule has 0 saturated carbocycles. The number of phenolic OH excluding ortho intramolecular Hbond substituents is 1. The summed E-state index contributed by atoms with van der Waals surface area (Å²) in [5, 5.41) is 11.9. The Balaban J connectivity index is 2.01. The third kappa shape index (κ3) is 4.66. The quantitative estimate of drug-likeness (QED) is 0.629. The lowest BCUT2D eigenvalue weighted by atomic mass is 10.2. The molecule has 0 unspecified atom stereocenters.